The molecule has 0 saturated heterocycles. The molecule has 1 fully saturated rings. The van der Waals surface area contributed by atoms with Crippen molar-refractivity contribution in [1.29, 1.82) is 0 Å². The van der Waals surface area contributed by atoms with Crippen molar-refractivity contribution in [3.8, 4) is 0 Å². The molecule has 0 unspecified atom stereocenters. The summed E-state index contributed by atoms with van der Waals surface area (Å²) in [6.07, 6.45) is 3.26. The monoisotopic (exact) mass is 330 g/mol. The molecule has 1 aliphatic rings. The number of primary sulfonamides is 1. The second-order valence-corrected chi connectivity index (χ2v) is 7.73. The summed E-state index contributed by atoms with van der Waals surface area (Å²) < 4.78 is 22.4. The van der Waals surface area contributed by atoms with E-state index in [0.29, 0.717) is 12.0 Å². The number of hydrogen-bond acceptors (Lipinski definition) is 3. The molecule has 3 rings (SSSR count). The maximum atomic E-state index is 11.2. The van der Waals surface area contributed by atoms with Gasteiger partial charge in [0.2, 0.25) is 10.0 Å². The van der Waals surface area contributed by atoms with Crippen LogP contribution < -0.4 is 10.5 Å². The fraction of sp³-hybridized carbons (Fsp3) is 0.333. The standard InChI is InChI=1S/C18H22N2O2S/c19-23(21,22)18-8-6-14(7-9-18)10-11-20-17-12-16(13-17)15-4-2-1-3-5-15/h1-9,16-17,20H,10-13H2,(H2,19,21,22). The molecule has 0 atom stereocenters. The minimum atomic E-state index is -3.60. The lowest BCUT2D eigenvalue weighted by Gasteiger charge is -2.36. The van der Waals surface area contributed by atoms with Gasteiger partial charge in [0.1, 0.15) is 0 Å². The fourth-order valence-electron chi connectivity index (χ4n) is 3.05. The molecule has 2 aromatic carbocycles. The molecule has 0 aliphatic heterocycles. The first-order chi connectivity index (χ1) is 11.0. The molecule has 0 radical (unpaired) electrons. The number of nitrogens with two attached hydrogens (primary N) is 1. The van der Waals surface area contributed by atoms with Gasteiger partial charge in [0.05, 0.1) is 4.90 Å². The third kappa shape index (κ3) is 4.19. The number of nitrogens with one attached hydrogen (secondary N) is 1. The number of hydrogen-bond donors (Lipinski definition) is 2. The van der Waals surface area contributed by atoms with Crippen molar-refractivity contribution in [2.75, 3.05) is 6.54 Å². The molecule has 0 spiro atoms. The lowest BCUT2D eigenvalue weighted by molar-refractivity contribution is 0.293. The summed E-state index contributed by atoms with van der Waals surface area (Å²) in [4.78, 5) is 0.166. The molecular weight excluding hydrogens is 308 g/mol. The van der Waals surface area contributed by atoms with Crippen molar-refractivity contribution in [2.45, 2.75) is 36.1 Å². The van der Waals surface area contributed by atoms with Crippen molar-refractivity contribution in [3.05, 3.63) is 65.7 Å². The molecule has 4 nitrogen and oxygen atoms in total. The summed E-state index contributed by atoms with van der Waals surface area (Å²) in [7, 11) is -3.60. The summed E-state index contributed by atoms with van der Waals surface area (Å²) in [5.74, 6) is 0.683. The zero-order chi connectivity index (χ0) is 16.3. The van der Waals surface area contributed by atoms with Crippen molar-refractivity contribution in [2.24, 2.45) is 5.14 Å². The van der Waals surface area contributed by atoms with Crippen LogP contribution in [0.15, 0.2) is 59.5 Å². The van der Waals surface area contributed by atoms with E-state index in [1.807, 2.05) is 12.1 Å². The van der Waals surface area contributed by atoms with Crippen LogP contribution in [0.5, 0.6) is 0 Å². The van der Waals surface area contributed by atoms with Crippen molar-refractivity contribution >= 4 is 10.0 Å². The van der Waals surface area contributed by atoms with Crippen LogP contribution in [0.4, 0.5) is 0 Å². The van der Waals surface area contributed by atoms with E-state index in [1.54, 1.807) is 12.1 Å². The van der Waals surface area contributed by atoms with Crippen LogP contribution in [0.3, 0.4) is 0 Å². The summed E-state index contributed by atoms with van der Waals surface area (Å²) in [5.41, 5.74) is 2.55. The molecule has 0 amide bonds. The third-order valence-electron chi connectivity index (χ3n) is 4.51. The van der Waals surface area contributed by atoms with E-state index in [1.165, 1.54) is 18.4 Å². The first-order valence-electron chi connectivity index (χ1n) is 7.92. The van der Waals surface area contributed by atoms with Gasteiger partial charge in [-0.05, 0) is 55.0 Å². The van der Waals surface area contributed by atoms with E-state index in [2.05, 4.69) is 35.6 Å². The maximum absolute atomic E-state index is 11.2. The van der Waals surface area contributed by atoms with Crippen LogP contribution in [0.1, 0.15) is 29.9 Å². The van der Waals surface area contributed by atoms with Gasteiger partial charge in [-0.15, -0.1) is 0 Å². The highest BCUT2D eigenvalue weighted by molar-refractivity contribution is 7.89. The van der Waals surface area contributed by atoms with E-state index < -0.39 is 10.0 Å². The maximum Gasteiger partial charge on any atom is 0.238 e. The molecule has 2 aromatic rings. The van der Waals surface area contributed by atoms with E-state index in [-0.39, 0.29) is 4.90 Å². The quantitative estimate of drug-likeness (QED) is 0.854. The Kier molecular flexibility index (Phi) is 4.80. The highest BCUT2D eigenvalue weighted by Crippen LogP contribution is 2.36. The smallest absolute Gasteiger partial charge is 0.238 e. The van der Waals surface area contributed by atoms with Gasteiger partial charge in [0, 0.05) is 6.04 Å². The zero-order valence-electron chi connectivity index (χ0n) is 13.0. The van der Waals surface area contributed by atoms with Crippen LogP contribution in [0.25, 0.3) is 0 Å². The molecule has 0 aromatic heterocycles. The Balaban J connectivity index is 1.41. The summed E-state index contributed by atoms with van der Waals surface area (Å²) >= 11 is 0. The first-order valence-corrected chi connectivity index (χ1v) is 9.47. The predicted molar refractivity (Wildman–Crippen MR) is 91.7 cm³/mol. The van der Waals surface area contributed by atoms with Gasteiger partial charge in [-0.1, -0.05) is 42.5 Å². The molecule has 0 heterocycles. The van der Waals surface area contributed by atoms with Gasteiger partial charge in [0.25, 0.3) is 0 Å². The Morgan fingerprint density at radius 2 is 1.65 bits per heavy atom. The lowest BCUT2D eigenvalue weighted by Crippen LogP contribution is -2.40. The SMILES string of the molecule is NS(=O)(=O)c1ccc(CCNC2CC(c3ccccc3)C2)cc1. The Hall–Kier alpha value is -1.69. The molecule has 5 heteroatoms. The van der Waals surface area contributed by atoms with Gasteiger partial charge in [-0.25, -0.2) is 13.6 Å². The van der Waals surface area contributed by atoms with E-state index in [0.717, 1.165) is 18.5 Å². The highest BCUT2D eigenvalue weighted by atomic mass is 32.2. The fourth-order valence-corrected chi connectivity index (χ4v) is 3.56. The number of sulfonamides is 1. The summed E-state index contributed by atoms with van der Waals surface area (Å²) in [6, 6.07) is 18.0. The highest BCUT2D eigenvalue weighted by Gasteiger charge is 2.29. The molecule has 1 saturated carbocycles. The van der Waals surface area contributed by atoms with E-state index >= 15 is 0 Å². The second-order valence-electron chi connectivity index (χ2n) is 6.17. The number of rotatable bonds is 6. The van der Waals surface area contributed by atoms with Gasteiger partial charge in [-0.3, -0.25) is 0 Å². The normalized spacial score (nSPS) is 20.9. The Bertz CT molecular complexity index is 736. The predicted octanol–water partition coefficient (Wildman–Crippen LogP) is 2.41. The Labute approximate surface area is 137 Å². The Morgan fingerprint density at radius 1 is 1.00 bits per heavy atom. The van der Waals surface area contributed by atoms with Crippen LogP contribution >= 0.6 is 0 Å². The molecule has 0 bridgehead atoms. The Morgan fingerprint density at radius 3 is 2.26 bits per heavy atom. The van der Waals surface area contributed by atoms with Crippen molar-refractivity contribution < 1.29 is 8.42 Å². The minimum absolute atomic E-state index is 0.166. The van der Waals surface area contributed by atoms with Gasteiger partial charge in [-0.2, -0.15) is 0 Å². The van der Waals surface area contributed by atoms with Crippen LogP contribution in [-0.2, 0) is 16.4 Å². The van der Waals surface area contributed by atoms with Gasteiger partial charge >= 0.3 is 0 Å². The molecule has 3 N–H and O–H groups in total. The zero-order valence-corrected chi connectivity index (χ0v) is 13.8. The summed E-state index contributed by atoms with van der Waals surface area (Å²) in [5, 5.41) is 8.66. The van der Waals surface area contributed by atoms with Crippen LogP contribution in [0, 0.1) is 0 Å². The average Bonchev–Trinajstić information content (AvgIpc) is 2.50. The molecule has 122 valence electrons. The largest absolute Gasteiger partial charge is 0.314 e. The molecular formula is C18H22N2O2S. The van der Waals surface area contributed by atoms with Gasteiger partial charge in [0.15, 0.2) is 0 Å². The lowest BCUT2D eigenvalue weighted by atomic mass is 9.76. The van der Waals surface area contributed by atoms with E-state index in [4.69, 9.17) is 5.14 Å². The van der Waals surface area contributed by atoms with Crippen LogP contribution in [0.2, 0.25) is 0 Å². The topological polar surface area (TPSA) is 72.2 Å². The molecule has 23 heavy (non-hydrogen) atoms. The van der Waals surface area contributed by atoms with E-state index in [9.17, 15) is 8.42 Å². The summed E-state index contributed by atoms with van der Waals surface area (Å²) in [6.45, 7) is 0.904. The third-order valence-corrected chi connectivity index (χ3v) is 5.44. The first kappa shape index (κ1) is 16.2. The van der Waals surface area contributed by atoms with Crippen LogP contribution in [-0.4, -0.2) is 21.0 Å². The molecule has 1 aliphatic carbocycles. The second kappa shape index (κ2) is 6.83. The van der Waals surface area contributed by atoms with Crippen molar-refractivity contribution in [1.82, 2.24) is 5.32 Å². The minimum Gasteiger partial charge on any atom is -0.314 e. The number of benzene rings is 2. The average molecular weight is 330 g/mol. The van der Waals surface area contributed by atoms with Gasteiger partial charge < -0.3 is 5.32 Å². The van der Waals surface area contributed by atoms with Crippen molar-refractivity contribution in [3.63, 3.8) is 0 Å².